The molecule has 0 spiro atoms. The van der Waals surface area contributed by atoms with Gasteiger partial charge in [-0.2, -0.15) is 0 Å². The van der Waals surface area contributed by atoms with Gasteiger partial charge in [0, 0.05) is 23.0 Å². The predicted molar refractivity (Wildman–Crippen MR) is 95.1 cm³/mol. The second-order valence-electron chi connectivity index (χ2n) is 6.44. The fourth-order valence-corrected chi connectivity index (χ4v) is 3.17. The number of carbonyl (C=O) groups is 2. The zero-order chi connectivity index (χ0) is 18.6. The molecule has 0 amide bonds. The zero-order valence-electron chi connectivity index (χ0n) is 14.6. The Balaban J connectivity index is 2.49. The maximum absolute atomic E-state index is 11.4. The number of carboxylic acid groups (broad SMARTS) is 2. The number of benzene rings is 1. The van der Waals surface area contributed by atoms with Gasteiger partial charge in [0.1, 0.15) is 0 Å². The maximum Gasteiger partial charge on any atom is 0.335 e. The van der Waals surface area contributed by atoms with E-state index in [1.807, 2.05) is 6.92 Å². The van der Waals surface area contributed by atoms with Crippen molar-refractivity contribution in [1.82, 2.24) is 4.98 Å². The quantitative estimate of drug-likeness (QED) is 0.551. The van der Waals surface area contributed by atoms with Crippen LogP contribution in [0.4, 0.5) is 0 Å². The van der Waals surface area contributed by atoms with E-state index in [1.54, 1.807) is 19.1 Å². The average Bonchev–Trinajstić information content (AvgIpc) is 2.89. The summed E-state index contributed by atoms with van der Waals surface area (Å²) in [7, 11) is 0. The molecule has 0 saturated carbocycles. The highest BCUT2D eigenvalue weighted by molar-refractivity contribution is 5.97. The van der Waals surface area contributed by atoms with Crippen molar-refractivity contribution in [3.05, 3.63) is 34.5 Å². The van der Waals surface area contributed by atoms with Gasteiger partial charge >= 0.3 is 11.9 Å². The van der Waals surface area contributed by atoms with Crippen LogP contribution in [-0.2, 0) is 11.2 Å². The summed E-state index contributed by atoms with van der Waals surface area (Å²) in [6.07, 6.45) is 2.74. The topological polar surface area (TPSA) is 111 Å². The molecule has 2 aromatic rings. The summed E-state index contributed by atoms with van der Waals surface area (Å²) in [6.45, 7) is 3.79. The summed E-state index contributed by atoms with van der Waals surface area (Å²) < 4.78 is 0. The van der Waals surface area contributed by atoms with E-state index >= 15 is 0 Å². The van der Waals surface area contributed by atoms with Crippen LogP contribution in [0.2, 0.25) is 0 Å². The minimum atomic E-state index is -0.995. The summed E-state index contributed by atoms with van der Waals surface area (Å²) in [6, 6.07) is 3.39. The summed E-state index contributed by atoms with van der Waals surface area (Å²) in [5.41, 5.74) is 3.14. The first kappa shape index (κ1) is 19.0. The molecule has 136 valence electrons. The van der Waals surface area contributed by atoms with Crippen molar-refractivity contribution in [2.75, 3.05) is 0 Å². The van der Waals surface area contributed by atoms with Crippen LogP contribution in [0.1, 0.15) is 72.3 Å². The number of H-pyrrole nitrogens is 1. The monoisotopic (exact) mass is 347 g/mol. The molecule has 1 unspecified atom stereocenters. The van der Waals surface area contributed by atoms with Crippen LogP contribution in [0, 0.1) is 6.92 Å². The maximum atomic E-state index is 11.4. The number of aromatic nitrogens is 1. The number of rotatable bonds is 9. The molecule has 6 heteroatoms. The van der Waals surface area contributed by atoms with Crippen molar-refractivity contribution in [3.63, 3.8) is 0 Å². The van der Waals surface area contributed by atoms with Crippen LogP contribution in [0.15, 0.2) is 12.1 Å². The molecule has 0 saturated heterocycles. The lowest BCUT2D eigenvalue weighted by Gasteiger charge is -2.11. The van der Waals surface area contributed by atoms with E-state index in [0.717, 1.165) is 29.3 Å². The van der Waals surface area contributed by atoms with Crippen molar-refractivity contribution < 1.29 is 24.9 Å². The lowest BCUT2D eigenvalue weighted by Crippen LogP contribution is -2.03. The number of carboxylic acids is 2. The number of aromatic carboxylic acids is 1. The molecule has 1 aromatic carbocycles. The molecule has 0 aliphatic rings. The Morgan fingerprint density at radius 3 is 2.52 bits per heavy atom. The van der Waals surface area contributed by atoms with E-state index in [9.17, 15) is 19.8 Å². The highest BCUT2D eigenvalue weighted by atomic mass is 16.4. The molecule has 6 nitrogen and oxygen atoms in total. The van der Waals surface area contributed by atoms with Crippen LogP contribution >= 0.6 is 0 Å². The molecule has 4 N–H and O–H groups in total. The highest BCUT2D eigenvalue weighted by Gasteiger charge is 2.20. The predicted octanol–water partition coefficient (Wildman–Crippen LogP) is 3.81. The number of hydrogen-bond acceptors (Lipinski definition) is 3. The minimum Gasteiger partial charge on any atom is -0.481 e. The Morgan fingerprint density at radius 1 is 1.20 bits per heavy atom. The summed E-state index contributed by atoms with van der Waals surface area (Å²) in [4.78, 5) is 25.5. The number of aliphatic carboxylic acids is 1. The van der Waals surface area contributed by atoms with Gasteiger partial charge in [-0.15, -0.1) is 0 Å². The fourth-order valence-electron chi connectivity index (χ4n) is 3.17. The summed E-state index contributed by atoms with van der Waals surface area (Å²) in [5.74, 6) is -1.86. The number of aliphatic hydroxyl groups is 1. The lowest BCUT2D eigenvalue weighted by atomic mass is 9.97. The Hall–Kier alpha value is -2.34. The van der Waals surface area contributed by atoms with Gasteiger partial charge in [0.05, 0.1) is 11.7 Å². The van der Waals surface area contributed by atoms with Gasteiger partial charge in [0.15, 0.2) is 0 Å². The van der Waals surface area contributed by atoms with Gasteiger partial charge in [-0.1, -0.05) is 19.8 Å². The van der Waals surface area contributed by atoms with Gasteiger partial charge in [0.25, 0.3) is 0 Å². The van der Waals surface area contributed by atoms with Crippen LogP contribution in [-0.4, -0.2) is 32.2 Å². The van der Waals surface area contributed by atoms with Crippen LogP contribution < -0.4 is 0 Å². The molecular weight excluding hydrogens is 322 g/mol. The number of aliphatic hydroxyl groups excluding tert-OH is 1. The second kappa shape index (κ2) is 8.16. The first-order valence-corrected chi connectivity index (χ1v) is 8.63. The Labute approximate surface area is 146 Å². The third-order valence-electron chi connectivity index (χ3n) is 4.50. The molecule has 0 fully saturated rings. The first-order chi connectivity index (χ1) is 11.8. The van der Waals surface area contributed by atoms with Gasteiger partial charge in [0.2, 0.25) is 0 Å². The summed E-state index contributed by atoms with van der Waals surface area (Å²) >= 11 is 0. The number of aryl methyl sites for hydroxylation is 2. The Kier molecular flexibility index (Phi) is 6.20. The standard InChI is InChI=1S/C19H25NO5/c1-3-4-7-16(21)18-12(6-5-8-17(22)23)14-10-13(19(24)25)11(2)9-15(14)20-18/h9-10,16,20-21H,3-8H2,1-2H3,(H,22,23)(H,24,25). The zero-order valence-corrected chi connectivity index (χ0v) is 14.6. The minimum absolute atomic E-state index is 0.0365. The van der Waals surface area contributed by atoms with Crippen molar-refractivity contribution >= 4 is 22.8 Å². The fraction of sp³-hybridized carbons (Fsp3) is 0.474. The molecule has 1 aromatic heterocycles. The van der Waals surface area contributed by atoms with Crippen LogP contribution in [0.25, 0.3) is 10.9 Å². The number of unbranched alkanes of at least 4 members (excludes halogenated alkanes) is 1. The number of fused-ring (bicyclic) bond motifs is 1. The number of nitrogens with one attached hydrogen (secondary N) is 1. The third-order valence-corrected chi connectivity index (χ3v) is 4.50. The molecule has 25 heavy (non-hydrogen) atoms. The van der Waals surface area contributed by atoms with E-state index < -0.39 is 18.0 Å². The molecule has 0 bridgehead atoms. The molecular formula is C19H25NO5. The van der Waals surface area contributed by atoms with E-state index in [1.165, 1.54) is 0 Å². The first-order valence-electron chi connectivity index (χ1n) is 8.63. The van der Waals surface area contributed by atoms with Crippen LogP contribution in [0.5, 0.6) is 0 Å². The smallest absolute Gasteiger partial charge is 0.335 e. The summed E-state index contributed by atoms with van der Waals surface area (Å²) in [5, 5.41) is 29.5. The molecule has 2 rings (SSSR count). The van der Waals surface area contributed by atoms with E-state index in [4.69, 9.17) is 5.11 Å². The molecule has 1 atom stereocenters. The lowest BCUT2D eigenvalue weighted by molar-refractivity contribution is -0.137. The largest absolute Gasteiger partial charge is 0.481 e. The highest BCUT2D eigenvalue weighted by Crippen LogP contribution is 2.32. The molecule has 0 aliphatic heterocycles. The molecule has 1 heterocycles. The van der Waals surface area contributed by atoms with Crippen molar-refractivity contribution in [3.8, 4) is 0 Å². The normalized spacial score (nSPS) is 12.4. The molecule has 0 radical (unpaired) electrons. The number of aromatic amines is 1. The van der Waals surface area contributed by atoms with Gasteiger partial charge < -0.3 is 20.3 Å². The van der Waals surface area contributed by atoms with Gasteiger partial charge in [-0.05, 0) is 49.4 Å². The Morgan fingerprint density at radius 2 is 1.92 bits per heavy atom. The van der Waals surface area contributed by atoms with E-state index in [0.29, 0.717) is 30.5 Å². The molecule has 0 aliphatic carbocycles. The number of hydrogen-bond donors (Lipinski definition) is 4. The van der Waals surface area contributed by atoms with Gasteiger partial charge in [-0.25, -0.2) is 4.79 Å². The third kappa shape index (κ3) is 4.39. The average molecular weight is 347 g/mol. The second-order valence-corrected chi connectivity index (χ2v) is 6.44. The van der Waals surface area contributed by atoms with Crippen LogP contribution in [0.3, 0.4) is 0 Å². The van der Waals surface area contributed by atoms with Crippen molar-refractivity contribution in [2.24, 2.45) is 0 Å². The van der Waals surface area contributed by atoms with Crippen molar-refractivity contribution in [2.45, 2.75) is 58.5 Å². The van der Waals surface area contributed by atoms with Gasteiger partial charge in [-0.3, -0.25) is 4.79 Å². The van der Waals surface area contributed by atoms with E-state index in [-0.39, 0.29) is 12.0 Å². The SMILES string of the molecule is CCCCC(O)c1[nH]c2cc(C)c(C(=O)O)cc2c1CCCC(=O)O. The van der Waals surface area contributed by atoms with Crippen molar-refractivity contribution in [1.29, 1.82) is 0 Å². The Bertz CT molecular complexity index is 778. The van der Waals surface area contributed by atoms with E-state index in [2.05, 4.69) is 4.98 Å².